The van der Waals surface area contributed by atoms with Gasteiger partial charge in [0.2, 0.25) is 5.88 Å². The molecule has 8 heteroatoms. The smallest absolute Gasteiger partial charge is 0.328 e. The van der Waals surface area contributed by atoms with Gasteiger partial charge in [-0.05, 0) is 6.07 Å². The van der Waals surface area contributed by atoms with E-state index in [1.54, 1.807) is 18.2 Å². The van der Waals surface area contributed by atoms with Crippen molar-refractivity contribution < 1.29 is 19.0 Å². The molecule has 2 aromatic rings. The highest BCUT2D eigenvalue weighted by Crippen LogP contribution is 2.40. The number of esters is 1. The van der Waals surface area contributed by atoms with E-state index in [2.05, 4.69) is 9.97 Å². The normalized spacial score (nSPS) is 16.4. The van der Waals surface area contributed by atoms with Gasteiger partial charge in [0.1, 0.15) is 11.5 Å². The molecular formula is C15H14N2O6. The maximum Gasteiger partial charge on any atom is 0.328 e. The van der Waals surface area contributed by atoms with E-state index in [0.717, 1.165) is 0 Å². The highest BCUT2D eigenvalue weighted by molar-refractivity contribution is 5.77. The lowest BCUT2D eigenvalue weighted by molar-refractivity contribution is -0.136. The lowest BCUT2D eigenvalue weighted by Crippen LogP contribution is -2.34. The fourth-order valence-corrected chi connectivity index (χ4v) is 2.67. The summed E-state index contributed by atoms with van der Waals surface area (Å²) in [4.78, 5) is 39.9. The SMILES string of the molecule is COc1ccc(C2CC(=O)Oc3[nH]c(=O)[nH]c(=O)c32)c(OC)c1. The van der Waals surface area contributed by atoms with Crippen LogP contribution in [0.5, 0.6) is 17.4 Å². The summed E-state index contributed by atoms with van der Waals surface area (Å²) < 4.78 is 15.5. The molecule has 0 amide bonds. The second-order valence-electron chi connectivity index (χ2n) is 4.99. The minimum atomic E-state index is -0.733. The van der Waals surface area contributed by atoms with Crippen molar-refractivity contribution in [2.24, 2.45) is 0 Å². The first kappa shape index (κ1) is 14.9. The van der Waals surface area contributed by atoms with Crippen LogP contribution in [0.4, 0.5) is 0 Å². The van der Waals surface area contributed by atoms with Gasteiger partial charge in [-0.3, -0.25) is 19.6 Å². The zero-order valence-corrected chi connectivity index (χ0v) is 12.5. The minimum Gasteiger partial charge on any atom is -0.497 e. The number of aromatic amines is 2. The number of H-pyrrole nitrogens is 2. The van der Waals surface area contributed by atoms with Gasteiger partial charge in [0, 0.05) is 17.5 Å². The number of fused-ring (bicyclic) bond motifs is 1. The summed E-state index contributed by atoms with van der Waals surface area (Å²) in [5.74, 6) is -0.201. The summed E-state index contributed by atoms with van der Waals surface area (Å²) in [5, 5.41) is 0. The van der Waals surface area contributed by atoms with Crippen molar-refractivity contribution in [1.82, 2.24) is 9.97 Å². The van der Waals surface area contributed by atoms with E-state index in [1.807, 2.05) is 0 Å². The number of ether oxygens (including phenoxy) is 3. The Balaban J connectivity index is 2.21. The topological polar surface area (TPSA) is 110 Å². The van der Waals surface area contributed by atoms with Crippen LogP contribution in [-0.4, -0.2) is 30.2 Å². The van der Waals surface area contributed by atoms with Gasteiger partial charge in [0.25, 0.3) is 5.56 Å². The van der Waals surface area contributed by atoms with E-state index in [-0.39, 0.29) is 17.9 Å². The molecule has 0 aliphatic carbocycles. The van der Waals surface area contributed by atoms with Crippen molar-refractivity contribution in [2.75, 3.05) is 14.2 Å². The Bertz CT molecular complexity index is 882. The van der Waals surface area contributed by atoms with Crippen LogP contribution >= 0.6 is 0 Å². The molecule has 0 fully saturated rings. The second kappa shape index (κ2) is 5.64. The summed E-state index contributed by atoms with van der Waals surface area (Å²) >= 11 is 0. The Kier molecular flexibility index (Phi) is 3.65. The highest BCUT2D eigenvalue weighted by Gasteiger charge is 2.33. The summed E-state index contributed by atoms with van der Waals surface area (Å²) in [6.07, 6.45) is -0.0369. The van der Waals surface area contributed by atoms with E-state index < -0.39 is 23.1 Å². The Morgan fingerprint density at radius 1 is 1.13 bits per heavy atom. The van der Waals surface area contributed by atoms with Crippen molar-refractivity contribution in [1.29, 1.82) is 0 Å². The molecule has 0 radical (unpaired) electrons. The molecule has 8 nitrogen and oxygen atoms in total. The fourth-order valence-electron chi connectivity index (χ4n) is 2.67. The number of aromatic nitrogens is 2. The Hall–Kier alpha value is -3.03. The first-order valence-electron chi connectivity index (χ1n) is 6.82. The predicted molar refractivity (Wildman–Crippen MR) is 79.3 cm³/mol. The molecule has 1 atom stereocenters. The zero-order chi connectivity index (χ0) is 16.6. The van der Waals surface area contributed by atoms with E-state index in [1.165, 1.54) is 14.2 Å². The van der Waals surface area contributed by atoms with Crippen molar-refractivity contribution in [3.05, 3.63) is 50.2 Å². The van der Waals surface area contributed by atoms with Gasteiger partial charge in [-0.25, -0.2) is 4.79 Å². The monoisotopic (exact) mass is 318 g/mol. The number of nitrogens with one attached hydrogen (secondary N) is 2. The standard InChI is InChI=1S/C15H14N2O6/c1-21-7-3-4-8(10(5-7)22-2)9-6-11(18)23-14-12(9)13(19)16-15(20)17-14/h3-5,9H,6H2,1-2H3,(H2,16,17,19,20). The van der Waals surface area contributed by atoms with E-state index in [9.17, 15) is 14.4 Å². The first-order valence-corrected chi connectivity index (χ1v) is 6.82. The maximum absolute atomic E-state index is 12.2. The molecule has 3 rings (SSSR count). The van der Waals surface area contributed by atoms with Gasteiger partial charge in [-0.2, -0.15) is 0 Å². The van der Waals surface area contributed by atoms with Crippen molar-refractivity contribution in [2.45, 2.75) is 12.3 Å². The summed E-state index contributed by atoms with van der Waals surface area (Å²) in [5.41, 5.74) is -0.514. The molecule has 0 bridgehead atoms. The number of carbonyl (C=O) groups excluding carboxylic acids is 1. The molecular weight excluding hydrogens is 304 g/mol. The summed E-state index contributed by atoms with van der Waals surface area (Å²) in [7, 11) is 3.01. The van der Waals surface area contributed by atoms with Crippen molar-refractivity contribution in [3.63, 3.8) is 0 Å². The third kappa shape index (κ3) is 2.59. The van der Waals surface area contributed by atoms with Gasteiger partial charge in [-0.15, -0.1) is 0 Å². The van der Waals surface area contributed by atoms with Crippen LogP contribution in [0.25, 0.3) is 0 Å². The van der Waals surface area contributed by atoms with Crippen LogP contribution in [0.15, 0.2) is 27.8 Å². The minimum absolute atomic E-state index is 0.0369. The summed E-state index contributed by atoms with van der Waals surface area (Å²) in [6, 6.07) is 5.08. The van der Waals surface area contributed by atoms with Crippen LogP contribution in [-0.2, 0) is 4.79 Å². The molecule has 0 spiro atoms. The van der Waals surface area contributed by atoms with Crippen LogP contribution in [0, 0.1) is 0 Å². The molecule has 1 aliphatic heterocycles. The van der Waals surface area contributed by atoms with Crippen molar-refractivity contribution in [3.8, 4) is 17.4 Å². The van der Waals surface area contributed by atoms with Gasteiger partial charge >= 0.3 is 11.7 Å². The summed E-state index contributed by atoms with van der Waals surface area (Å²) in [6.45, 7) is 0. The Labute approximate surface area is 130 Å². The van der Waals surface area contributed by atoms with Crippen LogP contribution in [0.2, 0.25) is 0 Å². The molecule has 23 heavy (non-hydrogen) atoms. The lowest BCUT2D eigenvalue weighted by Gasteiger charge is -2.24. The van der Waals surface area contributed by atoms with Crippen LogP contribution < -0.4 is 25.5 Å². The van der Waals surface area contributed by atoms with Gasteiger partial charge in [0.05, 0.1) is 26.2 Å². The molecule has 0 saturated carbocycles. The Morgan fingerprint density at radius 2 is 1.91 bits per heavy atom. The van der Waals surface area contributed by atoms with Crippen LogP contribution in [0.1, 0.15) is 23.5 Å². The average Bonchev–Trinajstić information content (AvgIpc) is 2.52. The molecule has 1 aromatic heterocycles. The quantitative estimate of drug-likeness (QED) is 0.798. The van der Waals surface area contributed by atoms with Gasteiger partial charge < -0.3 is 14.2 Å². The van der Waals surface area contributed by atoms with Crippen LogP contribution in [0.3, 0.4) is 0 Å². The van der Waals surface area contributed by atoms with E-state index in [4.69, 9.17) is 14.2 Å². The molecule has 1 aromatic carbocycles. The van der Waals surface area contributed by atoms with E-state index >= 15 is 0 Å². The third-order valence-electron chi connectivity index (χ3n) is 3.69. The fraction of sp³-hybridized carbons (Fsp3) is 0.267. The number of hydrogen-bond donors (Lipinski definition) is 2. The number of benzene rings is 1. The largest absolute Gasteiger partial charge is 0.497 e. The second-order valence-corrected chi connectivity index (χ2v) is 4.99. The number of carbonyl (C=O) groups is 1. The first-order chi connectivity index (χ1) is 11.0. The van der Waals surface area contributed by atoms with E-state index in [0.29, 0.717) is 17.1 Å². The zero-order valence-electron chi connectivity index (χ0n) is 12.5. The molecule has 1 unspecified atom stereocenters. The number of methoxy groups -OCH3 is 2. The average molecular weight is 318 g/mol. The Morgan fingerprint density at radius 3 is 2.61 bits per heavy atom. The third-order valence-corrected chi connectivity index (χ3v) is 3.69. The molecule has 120 valence electrons. The molecule has 0 saturated heterocycles. The number of hydrogen-bond acceptors (Lipinski definition) is 6. The maximum atomic E-state index is 12.2. The van der Waals surface area contributed by atoms with Gasteiger partial charge in [-0.1, -0.05) is 6.07 Å². The highest BCUT2D eigenvalue weighted by atomic mass is 16.5. The lowest BCUT2D eigenvalue weighted by atomic mass is 9.87. The van der Waals surface area contributed by atoms with Gasteiger partial charge in [0.15, 0.2) is 0 Å². The molecule has 2 heterocycles. The molecule has 1 aliphatic rings. The number of rotatable bonds is 3. The predicted octanol–water partition coefficient (Wildman–Crippen LogP) is 0.521. The van der Waals surface area contributed by atoms with Crippen molar-refractivity contribution >= 4 is 5.97 Å². The molecule has 2 N–H and O–H groups in total.